The van der Waals surface area contributed by atoms with E-state index in [9.17, 15) is 0 Å². The van der Waals surface area contributed by atoms with Gasteiger partial charge in [-0.15, -0.1) is 0 Å². The molecule has 1 atom stereocenters. The van der Waals surface area contributed by atoms with E-state index in [0.717, 1.165) is 42.6 Å². The fraction of sp³-hybridized carbons (Fsp3) is 0.500. The van der Waals surface area contributed by atoms with Gasteiger partial charge in [-0.1, -0.05) is 30.7 Å². The zero-order valence-corrected chi connectivity index (χ0v) is 14.2. The highest BCUT2D eigenvalue weighted by molar-refractivity contribution is 7.09. The molecule has 1 aliphatic rings. The van der Waals surface area contributed by atoms with Gasteiger partial charge in [0.05, 0.1) is 11.6 Å². The lowest BCUT2D eigenvalue weighted by Gasteiger charge is -2.32. The van der Waals surface area contributed by atoms with Crippen molar-refractivity contribution >= 4 is 28.3 Å². The molecule has 2 heterocycles. The molecule has 0 spiro atoms. The third kappa shape index (κ3) is 3.70. The molecule has 0 aliphatic carbocycles. The van der Waals surface area contributed by atoms with Gasteiger partial charge < -0.3 is 9.64 Å². The minimum absolute atomic E-state index is 0.499. The van der Waals surface area contributed by atoms with Gasteiger partial charge in [-0.2, -0.15) is 4.37 Å². The Bertz CT molecular complexity index is 619. The van der Waals surface area contributed by atoms with Crippen molar-refractivity contribution < 1.29 is 4.74 Å². The lowest BCUT2D eigenvalue weighted by Crippen LogP contribution is -2.37. The van der Waals surface area contributed by atoms with Crippen LogP contribution in [-0.4, -0.2) is 29.1 Å². The average Bonchev–Trinajstić information content (AvgIpc) is 3.03. The quantitative estimate of drug-likeness (QED) is 0.825. The van der Waals surface area contributed by atoms with Crippen molar-refractivity contribution in [3.05, 3.63) is 35.1 Å². The summed E-state index contributed by atoms with van der Waals surface area (Å²) in [5.74, 6) is 2.21. The molecule has 1 aliphatic heterocycles. The smallest absolute Gasteiger partial charge is 0.205 e. The number of anilines is 1. The first-order chi connectivity index (χ1) is 10.8. The summed E-state index contributed by atoms with van der Waals surface area (Å²) in [6.45, 7) is 4.81. The van der Waals surface area contributed by atoms with Crippen LogP contribution in [0.25, 0.3) is 0 Å². The summed E-state index contributed by atoms with van der Waals surface area (Å²) >= 11 is 7.64. The molecule has 0 radical (unpaired) electrons. The highest BCUT2D eigenvalue weighted by Gasteiger charge is 2.23. The van der Waals surface area contributed by atoms with E-state index in [4.69, 9.17) is 16.3 Å². The molecule has 6 heteroatoms. The minimum atomic E-state index is 0.499. The molecule has 2 aromatic rings. The number of halogens is 1. The first kappa shape index (κ1) is 15.6. The molecular weight excluding hydrogens is 318 g/mol. The predicted molar refractivity (Wildman–Crippen MR) is 91.2 cm³/mol. The monoisotopic (exact) mass is 337 g/mol. The summed E-state index contributed by atoms with van der Waals surface area (Å²) in [6, 6.07) is 7.64. The first-order valence-electron chi connectivity index (χ1n) is 7.71. The van der Waals surface area contributed by atoms with Crippen LogP contribution in [0.3, 0.4) is 0 Å². The second-order valence-corrected chi connectivity index (χ2v) is 6.68. The van der Waals surface area contributed by atoms with Gasteiger partial charge in [0.1, 0.15) is 11.6 Å². The van der Waals surface area contributed by atoms with Crippen molar-refractivity contribution in [2.24, 2.45) is 5.92 Å². The first-order valence-corrected chi connectivity index (χ1v) is 8.86. The molecular formula is C16H20ClN3OS. The Kier molecular flexibility index (Phi) is 5.16. The van der Waals surface area contributed by atoms with Crippen molar-refractivity contribution in [1.29, 1.82) is 0 Å². The SMILES string of the molecule is CCc1nsc(N2CCCC(COc3ccccc3Cl)C2)n1. The van der Waals surface area contributed by atoms with Gasteiger partial charge in [0, 0.05) is 37.0 Å². The maximum absolute atomic E-state index is 6.13. The van der Waals surface area contributed by atoms with Gasteiger partial charge in [-0.3, -0.25) is 0 Å². The summed E-state index contributed by atoms with van der Waals surface area (Å²) < 4.78 is 10.3. The van der Waals surface area contributed by atoms with Gasteiger partial charge in [0.25, 0.3) is 0 Å². The van der Waals surface area contributed by atoms with Crippen molar-refractivity contribution in [2.75, 3.05) is 24.6 Å². The number of aromatic nitrogens is 2. The zero-order chi connectivity index (χ0) is 15.4. The molecule has 3 rings (SSSR count). The van der Waals surface area contributed by atoms with Crippen LogP contribution in [0.5, 0.6) is 5.75 Å². The van der Waals surface area contributed by atoms with E-state index in [1.807, 2.05) is 24.3 Å². The van der Waals surface area contributed by atoms with Crippen molar-refractivity contribution in [2.45, 2.75) is 26.2 Å². The predicted octanol–water partition coefficient (Wildman–Crippen LogP) is 4.05. The van der Waals surface area contributed by atoms with Crippen LogP contribution in [-0.2, 0) is 6.42 Å². The molecule has 0 amide bonds. The summed E-state index contributed by atoms with van der Waals surface area (Å²) in [6.07, 6.45) is 3.24. The van der Waals surface area contributed by atoms with E-state index in [-0.39, 0.29) is 0 Å². The van der Waals surface area contributed by atoms with Crippen molar-refractivity contribution in [1.82, 2.24) is 9.36 Å². The largest absolute Gasteiger partial charge is 0.492 e. The molecule has 1 saturated heterocycles. The Morgan fingerprint density at radius 3 is 3.05 bits per heavy atom. The number of nitrogens with zero attached hydrogens (tertiary/aromatic N) is 3. The number of rotatable bonds is 5. The van der Waals surface area contributed by atoms with Crippen LogP contribution in [0.15, 0.2) is 24.3 Å². The van der Waals surface area contributed by atoms with Gasteiger partial charge in [0.2, 0.25) is 5.13 Å². The van der Waals surface area contributed by atoms with E-state index in [1.165, 1.54) is 18.0 Å². The Morgan fingerprint density at radius 2 is 2.27 bits per heavy atom. The molecule has 1 aromatic carbocycles. The zero-order valence-electron chi connectivity index (χ0n) is 12.7. The molecule has 1 aromatic heterocycles. The van der Waals surface area contributed by atoms with Crippen LogP contribution < -0.4 is 9.64 Å². The second kappa shape index (κ2) is 7.29. The molecule has 0 bridgehead atoms. The Balaban J connectivity index is 1.57. The highest BCUT2D eigenvalue weighted by Crippen LogP contribution is 2.27. The van der Waals surface area contributed by atoms with Crippen LogP contribution in [0.2, 0.25) is 5.02 Å². The van der Waals surface area contributed by atoms with Gasteiger partial charge in [0.15, 0.2) is 0 Å². The number of benzene rings is 1. The van der Waals surface area contributed by atoms with Gasteiger partial charge >= 0.3 is 0 Å². The van der Waals surface area contributed by atoms with Crippen molar-refractivity contribution in [3.8, 4) is 5.75 Å². The van der Waals surface area contributed by atoms with Crippen LogP contribution in [0, 0.1) is 5.92 Å². The minimum Gasteiger partial charge on any atom is -0.492 e. The molecule has 0 N–H and O–H groups in total. The average molecular weight is 338 g/mol. The summed E-state index contributed by atoms with van der Waals surface area (Å²) in [5.41, 5.74) is 0. The molecule has 4 nitrogen and oxygen atoms in total. The molecule has 1 unspecified atom stereocenters. The molecule has 118 valence electrons. The van der Waals surface area contributed by atoms with E-state index in [1.54, 1.807) is 0 Å². The van der Waals surface area contributed by atoms with Crippen LogP contribution in [0.1, 0.15) is 25.6 Å². The number of para-hydroxylation sites is 1. The van der Waals surface area contributed by atoms with Crippen molar-refractivity contribution in [3.63, 3.8) is 0 Å². The number of piperidine rings is 1. The summed E-state index contributed by atoms with van der Waals surface area (Å²) in [5, 5.41) is 1.71. The fourth-order valence-corrected chi connectivity index (χ4v) is 3.64. The normalized spacial score (nSPS) is 18.5. The van der Waals surface area contributed by atoms with Gasteiger partial charge in [-0.05, 0) is 25.0 Å². The Morgan fingerprint density at radius 1 is 1.41 bits per heavy atom. The third-order valence-electron chi connectivity index (χ3n) is 3.87. The molecule has 1 fully saturated rings. The maximum Gasteiger partial charge on any atom is 0.205 e. The topological polar surface area (TPSA) is 38.2 Å². The summed E-state index contributed by atoms with van der Waals surface area (Å²) in [4.78, 5) is 6.92. The number of hydrogen-bond donors (Lipinski definition) is 0. The number of aryl methyl sites for hydroxylation is 1. The fourth-order valence-electron chi connectivity index (χ4n) is 2.66. The van der Waals surface area contributed by atoms with Crippen LogP contribution in [0.4, 0.5) is 5.13 Å². The lowest BCUT2D eigenvalue weighted by atomic mass is 9.99. The molecule has 22 heavy (non-hydrogen) atoms. The van der Waals surface area contributed by atoms with E-state index < -0.39 is 0 Å². The van der Waals surface area contributed by atoms with E-state index >= 15 is 0 Å². The number of hydrogen-bond acceptors (Lipinski definition) is 5. The van der Waals surface area contributed by atoms with Gasteiger partial charge in [-0.25, -0.2) is 4.98 Å². The summed E-state index contributed by atoms with van der Waals surface area (Å²) in [7, 11) is 0. The number of ether oxygens (including phenoxy) is 1. The lowest BCUT2D eigenvalue weighted by molar-refractivity contribution is 0.229. The maximum atomic E-state index is 6.13. The molecule has 0 saturated carbocycles. The van der Waals surface area contributed by atoms with Crippen LogP contribution >= 0.6 is 23.1 Å². The second-order valence-electron chi connectivity index (χ2n) is 5.54. The highest BCUT2D eigenvalue weighted by atomic mass is 35.5. The van der Waals surface area contributed by atoms with E-state index in [0.29, 0.717) is 17.5 Å². The Labute approximate surface area is 140 Å². The third-order valence-corrected chi connectivity index (χ3v) is 5.00. The van der Waals surface area contributed by atoms with E-state index in [2.05, 4.69) is 21.2 Å². The Hall–Kier alpha value is -1.33. The standard InChI is InChI=1S/C16H20ClN3OS/c1-2-15-18-16(22-19-15)20-9-5-6-12(10-20)11-21-14-8-4-3-7-13(14)17/h3-4,7-8,12H,2,5-6,9-11H2,1H3.